The second-order valence-corrected chi connectivity index (χ2v) is 6.81. The fourth-order valence-corrected chi connectivity index (χ4v) is 3.34. The lowest BCUT2D eigenvalue weighted by molar-refractivity contribution is -0.126. The zero-order valence-corrected chi connectivity index (χ0v) is 16.4. The number of aromatic nitrogens is 1. The van der Waals surface area contributed by atoms with Crippen LogP contribution in [0.15, 0.2) is 66.7 Å². The van der Waals surface area contributed by atoms with Crippen LogP contribution in [0.5, 0.6) is 5.75 Å². The normalized spacial score (nSPS) is 15.3. The van der Waals surface area contributed by atoms with Gasteiger partial charge < -0.3 is 15.2 Å². The SMILES string of the molecule is CCOC(=O)c1cccc(CN2C(=O)C(c3ccccc3)Oc3ccc(N)nc32)c1. The third kappa shape index (κ3) is 3.82. The predicted molar refractivity (Wildman–Crippen MR) is 112 cm³/mol. The molecule has 0 saturated heterocycles. The molecule has 1 amide bonds. The summed E-state index contributed by atoms with van der Waals surface area (Å²) in [4.78, 5) is 31.3. The first-order valence-corrected chi connectivity index (χ1v) is 9.62. The quantitative estimate of drug-likeness (QED) is 0.655. The van der Waals surface area contributed by atoms with Gasteiger partial charge in [0, 0.05) is 5.56 Å². The minimum atomic E-state index is -0.794. The van der Waals surface area contributed by atoms with Gasteiger partial charge in [-0.25, -0.2) is 9.78 Å². The van der Waals surface area contributed by atoms with E-state index in [4.69, 9.17) is 15.2 Å². The van der Waals surface area contributed by atoms with Crippen LogP contribution in [0, 0.1) is 0 Å². The van der Waals surface area contributed by atoms with Crippen molar-refractivity contribution in [2.45, 2.75) is 19.6 Å². The van der Waals surface area contributed by atoms with Crippen molar-refractivity contribution in [1.29, 1.82) is 0 Å². The van der Waals surface area contributed by atoms with Gasteiger partial charge in [-0.3, -0.25) is 9.69 Å². The van der Waals surface area contributed by atoms with E-state index in [0.717, 1.165) is 11.1 Å². The molecule has 0 radical (unpaired) electrons. The van der Waals surface area contributed by atoms with Gasteiger partial charge in [0.2, 0.25) is 6.10 Å². The molecule has 7 nitrogen and oxygen atoms in total. The number of hydrogen-bond donors (Lipinski definition) is 1. The first kappa shape index (κ1) is 19.4. The van der Waals surface area contributed by atoms with E-state index in [1.54, 1.807) is 37.3 Å². The van der Waals surface area contributed by atoms with Crippen LogP contribution in [0.25, 0.3) is 0 Å². The average molecular weight is 403 g/mol. The number of fused-ring (bicyclic) bond motifs is 1. The Morgan fingerprint density at radius 2 is 1.93 bits per heavy atom. The number of nitrogens with zero attached hydrogens (tertiary/aromatic N) is 2. The first-order chi connectivity index (χ1) is 14.6. The summed E-state index contributed by atoms with van der Waals surface area (Å²) in [5, 5.41) is 0. The van der Waals surface area contributed by atoms with Gasteiger partial charge in [-0.1, -0.05) is 42.5 Å². The smallest absolute Gasteiger partial charge is 0.338 e. The standard InChI is InChI=1S/C23H21N3O4/c1-2-29-23(28)17-10-6-7-15(13-17)14-26-21-18(11-12-19(24)25-21)30-20(22(26)27)16-8-4-3-5-9-16/h3-13,20H,2,14H2,1H3,(H2,24,25). The van der Waals surface area contributed by atoms with Crippen molar-refractivity contribution in [3.63, 3.8) is 0 Å². The highest BCUT2D eigenvalue weighted by Gasteiger charge is 2.36. The molecular weight excluding hydrogens is 382 g/mol. The van der Waals surface area contributed by atoms with Gasteiger partial charge in [0.1, 0.15) is 5.82 Å². The van der Waals surface area contributed by atoms with Crippen LogP contribution >= 0.6 is 0 Å². The molecule has 1 aliphatic rings. The lowest BCUT2D eigenvalue weighted by Crippen LogP contribution is -2.41. The van der Waals surface area contributed by atoms with Gasteiger partial charge in [-0.2, -0.15) is 0 Å². The van der Waals surface area contributed by atoms with Crippen LogP contribution in [-0.2, 0) is 16.1 Å². The Bertz CT molecular complexity index is 1080. The molecular formula is C23H21N3O4. The van der Waals surface area contributed by atoms with Crippen LogP contribution in [0.1, 0.15) is 34.5 Å². The molecule has 3 aromatic rings. The van der Waals surface area contributed by atoms with E-state index < -0.39 is 12.1 Å². The highest BCUT2D eigenvalue weighted by atomic mass is 16.5. The number of nitrogen functional groups attached to an aromatic ring is 1. The zero-order chi connectivity index (χ0) is 21.1. The van der Waals surface area contributed by atoms with Gasteiger partial charge in [0.25, 0.3) is 5.91 Å². The molecule has 0 fully saturated rings. The molecule has 7 heteroatoms. The van der Waals surface area contributed by atoms with Crippen molar-refractivity contribution in [1.82, 2.24) is 4.98 Å². The van der Waals surface area contributed by atoms with E-state index in [2.05, 4.69) is 4.98 Å². The number of carbonyl (C=O) groups is 2. The molecule has 30 heavy (non-hydrogen) atoms. The molecule has 2 heterocycles. The molecule has 152 valence electrons. The van der Waals surface area contributed by atoms with Crippen molar-refractivity contribution in [3.8, 4) is 5.75 Å². The van der Waals surface area contributed by atoms with Gasteiger partial charge in [0.05, 0.1) is 18.7 Å². The Morgan fingerprint density at radius 1 is 1.13 bits per heavy atom. The largest absolute Gasteiger partial charge is 0.472 e. The Kier molecular flexibility index (Phi) is 5.34. The number of rotatable bonds is 5. The minimum Gasteiger partial charge on any atom is -0.472 e. The number of esters is 1. The van der Waals surface area contributed by atoms with E-state index in [0.29, 0.717) is 23.7 Å². The predicted octanol–water partition coefficient (Wildman–Crippen LogP) is 3.51. The summed E-state index contributed by atoms with van der Waals surface area (Å²) in [6, 6.07) is 19.6. The summed E-state index contributed by atoms with van der Waals surface area (Å²) >= 11 is 0. The van der Waals surface area contributed by atoms with E-state index in [1.165, 1.54) is 4.90 Å². The van der Waals surface area contributed by atoms with E-state index in [9.17, 15) is 9.59 Å². The number of anilines is 2. The molecule has 0 aliphatic carbocycles. The van der Waals surface area contributed by atoms with Crippen LogP contribution < -0.4 is 15.4 Å². The molecule has 1 unspecified atom stereocenters. The first-order valence-electron chi connectivity index (χ1n) is 9.62. The number of carbonyl (C=O) groups excluding carboxylic acids is 2. The number of hydrogen-bond acceptors (Lipinski definition) is 6. The zero-order valence-electron chi connectivity index (χ0n) is 16.4. The van der Waals surface area contributed by atoms with Gasteiger partial charge in [-0.05, 0) is 36.8 Å². The monoisotopic (exact) mass is 403 g/mol. The van der Waals surface area contributed by atoms with Crippen LogP contribution in [0.4, 0.5) is 11.6 Å². The molecule has 1 aromatic heterocycles. The Balaban J connectivity index is 1.70. The van der Waals surface area contributed by atoms with Gasteiger partial charge >= 0.3 is 5.97 Å². The number of nitrogens with two attached hydrogens (primary N) is 1. The number of benzene rings is 2. The lowest BCUT2D eigenvalue weighted by atomic mass is 10.1. The highest BCUT2D eigenvalue weighted by Crippen LogP contribution is 2.38. The molecule has 2 aromatic carbocycles. The topological polar surface area (TPSA) is 94.8 Å². The Hall–Kier alpha value is -3.87. The number of pyridine rings is 1. The van der Waals surface area contributed by atoms with Crippen LogP contribution in [0.2, 0.25) is 0 Å². The summed E-state index contributed by atoms with van der Waals surface area (Å²) in [6.45, 7) is 2.26. The van der Waals surface area contributed by atoms with E-state index >= 15 is 0 Å². The van der Waals surface area contributed by atoms with Crippen molar-refractivity contribution in [2.24, 2.45) is 0 Å². The molecule has 4 rings (SSSR count). The molecule has 0 spiro atoms. The second kappa shape index (κ2) is 8.24. The molecule has 0 bridgehead atoms. The molecule has 1 atom stereocenters. The maximum absolute atomic E-state index is 13.4. The van der Waals surface area contributed by atoms with Crippen molar-refractivity contribution in [3.05, 3.63) is 83.4 Å². The minimum absolute atomic E-state index is 0.211. The summed E-state index contributed by atoms with van der Waals surface area (Å²) in [5.41, 5.74) is 7.79. The second-order valence-electron chi connectivity index (χ2n) is 6.81. The average Bonchev–Trinajstić information content (AvgIpc) is 2.77. The van der Waals surface area contributed by atoms with Crippen molar-refractivity contribution >= 4 is 23.5 Å². The van der Waals surface area contributed by atoms with Crippen molar-refractivity contribution in [2.75, 3.05) is 17.2 Å². The molecule has 2 N–H and O–H groups in total. The van der Waals surface area contributed by atoms with E-state index in [-0.39, 0.29) is 18.3 Å². The fourth-order valence-electron chi connectivity index (χ4n) is 3.34. The van der Waals surface area contributed by atoms with Gasteiger partial charge in [0.15, 0.2) is 11.6 Å². The molecule has 0 saturated carbocycles. The van der Waals surface area contributed by atoms with Crippen LogP contribution in [0.3, 0.4) is 0 Å². The highest BCUT2D eigenvalue weighted by molar-refractivity contribution is 5.99. The van der Waals surface area contributed by atoms with Crippen molar-refractivity contribution < 1.29 is 19.1 Å². The summed E-state index contributed by atoms with van der Waals surface area (Å²) in [6.07, 6.45) is -0.794. The number of amides is 1. The Morgan fingerprint density at radius 3 is 2.70 bits per heavy atom. The third-order valence-electron chi connectivity index (χ3n) is 4.73. The summed E-state index contributed by atoms with van der Waals surface area (Å²) < 4.78 is 11.0. The summed E-state index contributed by atoms with van der Waals surface area (Å²) in [5.74, 6) is 0.451. The summed E-state index contributed by atoms with van der Waals surface area (Å²) in [7, 11) is 0. The maximum Gasteiger partial charge on any atom is 0.338 e. The van der Waals surface area contributed by atoms with Crippen LogP contribution in [-0.4, -0.2) is 23.5 Å². The third-order valence-corrected chi connectivity index (χ3v) is 4.73. The lowest BCUT2D eigenvalue weighted by Gasteiger charge is -2.33. The Labute approximate surface area is 174 Å². The van der Waals surface area contributed by atoms with Gasteiger partial charge in [-0.15, -0.1) is 0 Å². The number of ether oxygens (including phenoxy) is 2. The fraction of sp³-hybridized carbons (Fsp3) is 0.174. The maximum atomic E-state index is 13.4. The molecule has 1 aliphatic heterocycles. The van der Waals surface area contributed by atoms with E-state index in [1.807, 2.05) is 36.4 Å².